The van der Waals surface area contributed by atoms with Gasteiger partial charge in [0.15, 0.2) is 0 Å². The highest BCUT2D eigenvalue weighted by Gasteiger charge is 2.23. The summed E-state index contributed by atoms with van der Waals surface area (Å²) in [6, 6.07) is 11.4. The molecule has 4 nitrogen and oxygen atoms in total. The van der Waals surface area contributed by atoms with E-state index in [-0.39, 0.29) is 5.91 Å². The van der Waals surface area contributed by atoms with Crippen LogP contribution in [0.3, 0.4) is 0 Å². The van der Waals surface area contributed by atoms with E-state index in [2.05, 4.69) is 0 Å². The van der Waals surface area contributed by atoms with Crippen LogP contribution in [0.4, 0.5) is 0 Å². The van der Waals surface area contributed by atoms with Gasteiger partial charge in [0.05, 0.1) is 23.0 Å². The van der Waals surface area contributed by atoms with Crippen molar-refractivity contribution in [3.63, 3.8) is 0 Å². The highest BCUT2D eigenvalue weighted by molar-refractivity contribution is 6.08. The molecule has 0 saturated carbocycles. The molecular formula is C19H16N2O2. The van der Waals surface area contributed by atoms with Gasteiger partial charge in [-0.2, -0.15) is 0 Å². The number of benzene rings is 1. The van der Waals surface area contributed by atoms with Crippen LogP contribution in [0, 0.1) is 0 Å². The van der Waals surface area contributed by atoms with E-state index in [1.165, 1.54) is 0 Å². The molecule has 1 aliphatic rings. The minimum Gasteiger partial charge on any atom is -0.465 e. The van der Waals surface area contributed by atoms with E-state index in [0.717, 1.165) is 52.8 Å². The van der Waals surface area contributed by atoms with Crippen LogP contribution in [-0.4, -0.2) is 10.9 Å². The van der Waals surface area contributed by atoms with Gasteiger partial charge in [-0.1, -0.05) is 18.2 Å². The average Bonchev–Trinajstić information content (AvgIpc) is 3.06. The Morgan fingerprint density at radius 3 is 2.83 bits per heavy atom. The molecule has 0 fully saturated rings. The van der Waals surface area contributed by atoms with Crippen molar-refractivity contribution in [2.24, 2.45) is 5.73 Å². The zero-order chi connectivity index (χ0) is 15.8. The molecule has 0 bridgehead atoms. The Morgan fingerprint density at radius 1 is 1.17 bits per heavy atom. The average molecular weight is 304 g/mol. The van der Waals surface area contributed by atoms with Gasteiger partial charge in [0, 0.05) is 5.39 Å². The van der Waals surface area contributed by atoms with Crippen molar-refractivity contribution in [1.82, 2.24) is 4.98 Å². The number of amides is 1. The molecule has 1 aromatic carbocycles. The van der Waals surface area contributed by atoms with E-state index >= 15 is 0 Å². The number of allylic oxidation sites excluding steroid dienone is 1. The lowest BCUT2D eigenvalue weighted by molar-refractivity contribution is 0.100. The van der Waals surface area contributed by atoms with Gasteiger partial charge in [-0.15, -0.1) is 0 Å². The first kappa shape index (κ1) is 13.8. The Hall–Kier alpha value is -2.88. The summed E-state index contributed by atoms with van der Waals surface area (Å²) in [5, 5.41) is 0.831. The molecular weight excluding hydrogens is 288 g/mol. The number of nitrogens with zero attached hydrogens (tertiary/aromatic N) is 1. The molecule has 23 heavy (non-hydrogen) atoms. The van der Waals surface area contributed by atoms with Crippen LogP contribution in [0.25, 0.3) is 22.6 Å². The number of pyridine rings is 1. The van der Waals surface area contributed by atoms with Crippen LogP contribution in [0.15, 0.2) is 47.1 Å². The second-order valence-corrected chi connectivity index (χ2v) is 5.73. The molecule has 114 valence electrons. The van der Waals surface area contributed by atoms with Crippen LogP contribution in [0.1, 0.15) is 40.2 Å². The number of para-hydroxylation sites is 1. The highest BCUT2D eigenvalue weighted by atomic mass is 16.3. The highest BCUT2D eigenvalue weighted by Crippen LogP contribution is 2.35. The van der Waals surface area contributed by atoms with Crippen LogP contribution in [-0.2, 0) is 6.42 Å². The zero-order valence-electron chi connectivity index (χ0n) is 12.6. The molecule has 0 atom stereocenters. The maximum atomic E-state index is 12.1. The van der Waals surface area contributed by atoms with Crippen molar-refractivity contribution >= 4 is 28.5 Å². The predicted molar refractivity (Wildman–Crippen MR) is 89.8 cm³/mol. The van der Waals surface area contributed by atoms with E-state index in [4.69, 9.17) is 15.1 Å². The Labute approximate surface area is 133 Å². The van der Waals surface area contributed by atoms with Gasteiger partial charge in [-0.3, -0.25) is 4.79 Å². The predicted octanol–water partition coefficient (Wildman–Crippen LogP) is 3.80. The van der Waals surface area contributed by atoms with Gasteiger partial charge < -0.3 is 10.2 Å². The maximum absolute atomic E-state index is 12.1. The number of hydrogen-bond donors (Lipinski definition) is 1. The van der Waals surface area contributed by atoms with Crippen molar-refractivity contribution in [2.45, 2.75) is 19.3 Å². The summed E-state index contributed by atoms with van der Waals surface area (Å²) in [4.78, 5) is 16.9. The topological polar surface area (TPSA) is 69.1 Å². The lowest BCUT2D eigenvalue weighted by atomic mass is 9.86. The Bertz CT molecular complexity index is 924. The van der Waals surface area contributed by atoms with Crippen LogP contribution < -0.4 is 5.73 Å². The van der Waals surface area contributed by atoms with E-state index in [0.29, 0.717) is 5.56 Å². The number of nitrogens with two attached hydrogens (primary N) is 1. The molecule has 4 heteroatoms. The van der Waals surface area contributed by atoms with Crippen LogP contribution in [0.2, 0.25) is 0 Å². The Morgan fingerprint density at radius 2 is 2.04 bits per heavy atom. The minimum atomic E-state index is -0.390. The first-order chi connectivity index (χ1) is 11.2. The van der Waals surface area contributed by atoms with Crippen LogP contribution >= 0.6 is 0 Å². The van der Waals surface area contributed by atoms with Gasteiger partial charge in [-0.05, 0) is 54.7 Å². The summed E-state index contributed by atoms with van der Waals surface area (Å²) in [6.07, 6.45) is 6.36. The summed E-state index contributed by atoms with van der Waals surface area (Å²) in [5.41, 5.74) is 10.0. The first-order valence-corrected chi connectivity index (χ1v) is 7.70. The number of hydrogen-bond acceptors (Lipinski definition) is 3. The van der Waals surface area contributed by atoms with Gasteiger partial charge >= 0.3 is 0 Å². The SMILES string of the molecule is NC(=O)c1c2c(nc3ccccc13)/C(=C\c1ccco1)CCC2. The lowest BCUT2D eigenvalue weighted by Gasteiger charge is -2.21. The molecule has 0 radical (unpaired) electrons. The molecule has 3 aromatic rings. The van der Waals surface area contributed by atoms with Crippen molar-refractivity contribution in [2.75, 3.05) is 0 Å². The molecule has 1 amide bonds. The molecule has 2 heterocycles. The number of fused-ring (bicyclic) bond motifs is 2. The first-order valence-electron chi connectivity index (χ1n) is 7.70. The van der Waals surface area contributed by atoms with Crippen molar-refractivity contribution in [3.05, 3.63) is 65.2 Å². The third kappa shape index (κ3) is 2.32. The van der Waals surface area contributed by atoms with E-state index in [9.17, 15) is 4.79 Å². The number of primary amides is 1. The third-order valence-corrected chi connectivity index (χ3v) is 4.28. The van der Waals surface area contributed by atoms with Gasteiger partial charge in [-0.25, -0.2) is 4.98 Å². The standard InChI is InChI=1S/C19H16N2O2/c20-19(22)17-14-7-1-2-9-16(14)21-18-12(5-3-8-15(17)18)11-13-6-4-10-23-13/h1-2,4,6-7,9-11H,3,5,8H2,(H2,20,22)/b12-11-. The van der Waals surface area contributed by atoms with Gasteiger partial charge in [0.2, 0.25) is 5.91 Å². The lowest BCUT2D eigenvalue weighted by Crippen LogP contribution is -2.18. The largest absolute Gasteiger partial charge is 0.465 e. The molecule has 0 saturated heterocycles. The Balaban J connectivity index is 2.01. The van der Waals surface area contributed by atoms with Crippen molar-refractivity contribution in [1.29, 1.82) is 0 Å². The molecule has 4 rings (SSSR count). The fourth-order valence-electron chi connectivity index (χ4n) is 3.30. The summed E-state index contributed by atoms with van der Waals surface area (Å²) < 4.78 is 5.42. The summed E-state index contributed by atoms with van der Waals surface area (Å²) in [7, 11) is 0. The zero-order valence-corrected chi connectivity index (χ0v) is 12.6. The second-order valence-electron chi connectivity index (χ2n) is 5.73. The third-order valence-electron chi connectivity index (χ3n) is 4.28. The van der Waals surface area contributed by atoms with Gasteiger partial charge in [0.25, 0.3) is 0 Å². The number of carbonyl (C=O) groups excluding carboxylic acids is 1. The van der Waals surface area contributed by atoms with E-state index in [1.807, 2.05) is 42.5 Å². The summed E-state index contributed by atoms with van der Waals surface area (Å²) in [6.45, 7) is 0. The summed E-state index contributed by atoms with van der Waals surface area (Å²) >= 11 is 0. The molecule has 1 aliphatic carbocycles. The number of rotatable bonds is 2. The van der Waals surface area contributed by atoms with Crippen molar-refractivity contribution < 1.29 is 9.21 Å². The Kier molecular flexibility index (Phi) is 3.23. The van der Waals surface area contributed by atoms with Gasteiger partial charge in [0.1, 0.15) is 5.76 Å². The van der Waals surface area contributed by atoms with Crippen molar-refractivity contribution in [3.8, 4) is 0 Å². The number of aromatic nitrogens is 1. The molecule has 2 N–H and O–H groups in total. The number of furan rings is 1. The summed E-state index contributed by atoms with van der Waals surface area (Å²) in [5.74, 6) is 0.405. The van der Waals surface area contributed by atoms with E-state index in [1.54, 1.807) is 6.26 Å². The maximum Gasteiger partial charge on any atom is 0.249 e. The smallest absolute Gasteiger partial charge is 0.249 e. The molecule has 0 spiro atoms. The van der Waals surface area contributed by atoms with Crippen LogP contribution in [0.5, 0.6) is 0 Å². The second kappa shape index (κ2) is 5.39. The van der Waals surface area contributed by atoms with E-state index < -0.39 is 0 Å². The fraction of sp³-hybridized carbons (Fsp3) is 0.158. The molecule has 0 aliphatic heterocycles. The normalized spacial score (nSPS) is 15.7. The number of carbonyl (C=O) groups is 1. The fourth-order valence-corrected chi connectivity index (χ4v) is 3.30. The quantitative estimate of drug-likeness (QED) is 0.782. The molecule has 2 aromatic heterocycles. The molecule has 0 unspecified atom stereocenters. The monoisotopic (exact) mass is 304 g/mol. The minimum absolute atomic E-state index is 0.390.